The van der Waals surface area contributed by atoms with Crippen molar-refractivity contribution in [3.05, 3.63) is 17.7 Å². The van der Waals surface area contributed by atoms with Gasteiger partial charge in [0.2, 0.25) is 5.75 Å². The smallest absolute Gasteiger partial charge is 0.303 e. The van der Waals surface area contributed by atoms with Crippen molar-refractivity contribution in [3.8, 4) is 17.2 Å². The van der Waals surface area contributed by atoms with Crippen LogP contribution in [0.3, 0.4) is 0 Å². The number of aliphatic carboxylic acids is 1. The Balaban J connectivity index is 3.05. The normalized spacial score (nSPS) is 10.4. The minimum absolute atomic E-state index is 0.00534. The SMILES string of the molecule is COc1ccc(CCCC(=O)O)c(OC(C)C)c1OC. The van der Waals surface area contributed by atoms with Gasteiger partial charge in [-0.25, -0.2) is 0 Å². The lowest BCUT2D eigenvalue weighted by Crippen LogP contribution is -2.10. The average molecular weight is 282 g/mol. The van der Waals surface area contributed by atoms with E-state index in [4.69, 9.17) is 19.3 Å². The lowest BCUT2D eigenvalue weighted by atomic mass is 10.1. The first kappa shape index (κ1) is 16.1. The molecule has 0 unspecified atom stereocenters. The van der Waals surface area contributed by atoms with Gasteiger partial charge in [-0.15, -0.1) is 0 Å². The Kier molecular flexibility index (Phi) is 6.15. The molecule has 0 saturated carbocycles. The highest BCUT2D eigenvalue weighted by Gasteiger charge is 2.17. The van der Waals surface area contributed by atoms with Gasteiger partial charge in [-0.1, -0.05) is 6.07 Å². The van der Waals surface area contributed by atoms with E-state index in [0.29, 0.717) is 30.1 Å². The van der Waals surface area contributed by atoms with Gasteiger partial charge in [0.15, 0.2) is 11.5 Å². The molecule has 0 aliphatic rings. The van der Waals surface area contributed by atoms with Crippen molar-refractivity contribution in [3.63, 3.8) is 0 Å². The predicted octanol–water partition coefficient (Wildman–Crippen LogP) is 2.90. The minimum atomic E-state index is -0.795. The maximum absolute atomic E-state index is 10.6. The molecule has 0 saturated heterocycles. The van der Waals surface area contributed by atoms with Crippen molar-refractivity contribution in [2.75, 3.05) is 14.2 Å². The maximum atomic E-state index is 10.6. The Morgan fingerprint density at radius 2 is 1.90 bits per heavy atom. The summed E-state index contributed by atoms with van der Waals surface area (Å²) >= 11 is 0. The molecule has 5 nitrogen and oxygen atoms in total. The van der Waals surface area contributed by atoms with Crippen LogP contribution in [0.2, 0.25) is 0 Å². The number of hydrogen-bond donors (Lipinski definition) is 1. The maximum Gasteiger partial charge on any atom is 0.303 e. The third-order valence-corrected chi connectivity index (χ3v) is 2.77. The topological polar surface area (TPSA) is 65.0 Å². The van der Waals surface area contributed by atoms with Gasteiger partial charge in [-0.05, 0) is 38.3 Å². The van der Waals surface area contributed by atoms with E-state index >= 15 is 0 Å². The van der Waals surface area contributed by atoms with Crippen LogP contribution < -0.4 is 14.2 Å². The van der Waals surface area contributed by atoms with Gasteiger partial charge in [-0.3, -0.25) is 4.79 Å². The second kappa shape index (κ2) is 7.62. The molecule has 0 aromatic heterocycles. The highest BCUT2D eigenvalue weighted by Crippen LogP contribution is 2.41. The monoisotopic (exact) mass is 282 g/mol. The summed E-state index contributed by atoms with van der Waals surface area (Å²) in [5.41, 5.74) is 0.928. The zero-order valence-corrected chi connectivity index (χ0v) is 12.4. The lowest BCUT2D eigenvalue weighted by molar-refractivity contribution is -0.137. The number of hydrogen-bond acceptors (Lipinski definition) is 4. The molecule has 1 aromatic carbocycles. The number of benzene rings is 1. The van der Waals surface area contributed by atoms with Gasteiger partial charge in [0.05, 0.1) is 20.3 Å². The molecule has 0 aliphatic heterocycles. The van der Waals surface area contributed by atoms with Crippen LogP contribution >= 0.6 is 0 Å². The summed E-state index contributed by atoms with van der Waals surface area (Å²) < 4.78 is 16.4. The van der Waals surface area contributed by atoms with Crippen LogP contribution in [0.5, 0.6) is 17.2 Å². The number of aryl methyl sites for hydroxylation is 1. The molecule has 112 valence electrons. The van der Waals surface area contributed by atoms with Crippen LogP contribution in [0.1, 0.15) is 32.3 Å². The summed E-state index contributed by atoms with van der Waals surface area (Å²) in [6.45, 7) is 3.86. The molecule has 0 fully saturated rings. The molecule has 1 aromatic rings. The molecule has 20 heavy (non-hydrogen) atoms. The van der Waals surface area contributed by atoms with Gasteiger partial charge in [0.25, 0.3) is 0 Å². The molecule has 0 atom stereocenters. The molecule has 0 aliphatic carbocycles. The van der Waals surface area contributed by atoms with E-state index in [1.165, 1.54) is 0 Å². The third-order valence-electron chi connectivity index (χ3n) is 2.77. The van der Waals surface area contributed by atoms with E-state index < -0.39 is 5.97 Å². The molecule has 0 bridgehead atoms. The van der Waals surface area contributed by atoms with E-state index in [1.807, 2.05) is 26.0 Å². The fourth-order valence-electron chi connectivity index (χ4n) is 1.93. The lowest BCUT2D eigenvalue weighted by Gasteiger charge is -2.19. The Morgan fingerprint density at radius 1 is 1.20 bits per heavy atom. The van der Waals surface area contributed by atoms with Crippen molar-refractivity contribution in [2.24, 2.45) is 0 Å². The zero-order valence-electron chi connectivity index (χ0n) is 12.4. The largest absolute Gasteiger partial charge is 0.493 e. The molecule has 0 spiro atoms. The highest BCUT2D eigenvalue weighted by atomic mass is 16.5. The second-order valence-corrected chi connectivity index (χ2v) is 4.70. The molecular formula is C15H22O5. The third kappa shape index (κ3) is 4.33. The quantitative estimate of drug-likeness (QED) is 0.794. The van der Waals surface area contributed by atoms with E-state index in [1.54, 1.807) is 14.2 Å². The number of rotatable bonds is 8. The molecular weight excluding hydrogens is 260 g/mol. The highest BCUT2D eigenvalue weighted by molar-refractivity contribution is 5.66. The summed E-state index contributed by atoms with van der Waals surface area (Å²) in [5.74, 6) is 0.989. The van der Waals surface area contributed by atoms with Crippen molar-refractivity contribution < 1.29 is 24.1 Å². The fourth-order valence-corrected chi connectivity index (χ4v) is 1.93. The first-order valence-corrected chi connectivity index (χ1v) is 6.61. The van der Waals surface area contributed by atoms with E-state index in [2.05, 4.69) is 0 Å². The number of methoxy groups -OCH3 is 2. The van der Waals surface area contributed by atoms with Crippen LogP contribution in [-0.4, -0.2) is 31.4 Å². The van der Waals surface area contributed by atoms with E-state index in [9.17, 15) is 4.79 Å². The van der Waals surface area contributed by atoms with Crippen LogP contribution in [0, 0.1) is 0 Å². The zero-order chi connectivity index (χ0) is 15.1. The van der Waals surface area contributed by atoms with Crippen molar-refractivity contribution in [2.45, 2.75) is 39.2 Å². The van der Waals surface area contributed by atoms with Crippen molar-refractivity contribution in [1.29, 1.82) is 0 Å². The molecule has 1 rings (SSSR count). The second-order valence-electron chi connectivity index (χ2n) is 4.70. The molecule has 0 radical (unpaired) electrons. The number of carboxylic acids is 1. The standard InChI is InChI=1S/C15H22O5/c1-10(2)20-14-11(6-5-7-13(16)17)8-9-12(18-3)15(14)19-4/h8-10H,5-7H2,1-4H3,(H,16,17). The molecule has 0 amide bonds. The van der Waals surface area contributed by atoms with Crippen LogP contribution in [0.4, 0.5) is 0 Å². The van der Waals surface area contributed by atoms with Crippen LogP contribution in [-0.2, 0) is 11.2 Å². The van der Waals surface area contributed by atoms with Gasteiger partial charge >= 0.3 is 5.97 Å². The number of carbonyl (C=O) groups is 1. The van der Waals surface area contributed by atoms with E-state index in [0.717, 1.165) is 5.56 Å². The molecule has 1 N–H and O–H groups in total. The molecule has 0 heterocycles. The summed E-state index contributed by atoms with van der Waals surface area (Å²) in [7, 11) is 3.13. The fraction of sp³-hybridized carbons (Fsp3) is 0.533. The van der Waals surface area contributed by atoms with Gasteiger partial charge in [-0.2, -0.15) is 0 Å². The van der Waals surface area contributed by atoms with Crippen molar-refractivity contribution in [1.82, 2.24) is 0 Å². The first-order valence-electron chi connectivity index (χ1n) is 6.61. The summed E-state index contributed by atoms with van der Waals surface area (Å²) in [5, 5.41) is 8.71. The average Bonchev–Trinajstić information content (AvgIpc) is 2.38. The van der Waals surface area contributed by atoms with E-state index in [-0.39, 0.29) is 12.5 Å². The van der Waals surface area contributed by atoms with Crippen molar-refractivity contribution >= 4 is 5.97 Å². The summed E-state index contributed by atoms with van der Waals surface area (Å²) in [4.78, 5) is 10.6. The Hall–Kier alpha value is -1.91. The summed E-state index contributed by atoms with van der Waals surface area (Å²) in [6.07, 6.45) is 1.30. The Morgan fingerprint density at radius 3 is 2.40 bits per heavy atom. The number of carboxylic acid groups (broad SMARTS) is 1. The first-order chi connectivity index (χ1) is 9.49. The Bertz CT molecular complexity index is 454. The van der Waals surface area contributed by atoms with Gasteiger partial charge in [0, 0.05) is 6.42 Å². The predicted molar refractivity (Wildman–Crippen MR) is 75.9 cm³/mol. The molecule has 5 heteroatoms. The van der Waals surface area contributed by atoms with Crippen LogP contribution in [0.25, 0.3) is 0 Å². The van der Waals surface area contributed by atoms with Crippen LogP contribution in [0.15, 0.2) is 12.1 Å². The Labute approximate surface area is 119 Å². The minimum Gasteiger partial charge on any atom is -0.493 e. The summed E-state index contributed by atoms with van der Waals surface area (Å²) in [6, 6.07) is 3.70. The van der Waals surface area contributed by atoms with Gasteiger partial charge in [0.1, 0.15) is 0 Å². The number of ether oxygens (including phenoxy) is 3. The van der Waals surface area contributed by atoms with Gasteiger partial charge < -0.3 is 19.3 Å².